The Bertz CT molecular complexity index is 1120. The number of Topliss-reactive ketones (excluding diaryl/α,β-unsaturated/α-hetero) is 1. The average Bonchev–Trinajstić information content (AvgIpc) is 3.36. The predicted molar refractivity (Wildman–Crippen MR) is 118 cm³/mol. The van der Waals surface area contributed by atoms with E-state index < -0.39 is 10.0 Å². The van der Waals surface area contributed by atoms with E-state index in [9.17, 15) is 18.0 Å². The fraction of sp³-hybridized carbons (Fsp3) is 0.500. The Balaban J connectivity index is 1.46. The van der Waals surface area contributed by atoms with Crippen molar-refractivity contribution in [2.75, 3.05) is 22.4 Å². The summed E-state index contributed by atoms with van der Waals surface area (Å²) in [5.41, 5.74) is 7.37. The smallest absolute Gasteiger partial charge is 0.234 e. The predicted octanol–water partition coefficient (Wildman–Crippen LogP) is 1.72. The number of thioether (sulfide) groups is 1. The van der Waals surface area contributed by atoms with E-state index in [2.05, 4.69) is 10.2 Å². The molecule has 2 N–H and O–H groups in total. The molecule has 1 aliphatic heterocycles. The molecule has 2 heterocycles. The van der Waals surface area contributed by atoms with Gasteiger partial charge in [0, 0.05) is 31.0 Å². The summed E-state index contributed by atoms with van der Waals surface area (Å²) in [4.78, 5) is 24.0. The minimum absolute atomic E-state index is 0.0447. The molecule has 0 radical (unpaired) electrons. The number of nitrogens with zero attached hydrogens (tertiary/aromatic N) is 4. The molecule has 31 heavy (non-hydrogen) atoms. The molecule has 1 aliphatic carbocycles. The summed E-state index contributed by atoms with van der Waals surface area (Å²) in [6, 6.07) is 5.18. The number of hydrogen-bond acceptors (Lipinski definition) is 7. The largest absolute Gasteiger partial charge is 0.370 e. The van der Waals surface area contributed by atoms with Crippen LogP contribution in [-0.4, -0.2) is 52.9 Å². The van der Waals surface area contributed by atoms with Crippen molar-refractivity contribution in [3.05, 3.63) is 35.2 Å². The average molecular weight is 464 g/mol. The third-order valence-corrected chi connectivity index (χ3v) is 8.30. The van der Waals surface area contributed by atoms with Crippen LogP contribution < -0.4 is 10.0 Å². The summed E-state index contributed by atoms with van der Waals surface area (Å²) in [5.74, 6) is 0.982. The molecule has 1 aromatic heterocycles. The van der Waals surface area contributed by atoms with Crippen LogP contribution in [0.2, 0.25) is 0 Å². The van der Waals surface area contributed by atoms with Crippen molar-refractivity contribution in [2.24, 2.45) is 5.73 Å². The van der Waals surface area contributed by atoms with Crippen LogP contribution in [0.25, 0.3) is 0 Å². The number of anilines is 1. The lowest BCUT2D eigenvalue weighted by Gasteiger charge is -2.18. The summed E-state index contributed by atoms with van der Waals surface area (Å²) in [6.07, 6.45) is 2.90. The maximum atomic E-state index is 12.8. The standard InChI is InChI=1S/C20H25N5O4S2/c1-2-31(28,29)25-10-7-14-11-15(5-6-16(14)25)17(26)12-30-20-23-22-19(13-3-4-13)24(20)9-8-18(21)27/h5-6,11,13H,2-4,7-10,12H2,1H3,(H2,21,27). The highest BCUT2D eigenvalue weighted by molar-refractivity contribution is 7.99. The number of ketones is 1. The molecule has 2 aliphatic rings. The van der Waals surface area contributed by atoms with Gasteiger partial charge in [-0.1, -0.05) is 11.8 Å². The fourth-order valence-corrected chi connectivity index (χ4v) is 5.71. The van der Waals surface area contributed by atoms with Gasteiger partial charge in [-0.2, -0.15) is 0 Å². The second-order valence-electron chi connectivity index (χ2n) is 7.76. The van der Waals surface area contributed by atoms with Gasteiger partial charge >= 0.3 is 0 Å². The van der Waals surface area contributed by atoms with E-state index in [0.29, 0.717) is 41.8 Å². The summed E-state index contributed by atoms with van der Waals surface area (Å²) >= 11 is 1.29. The highest BCUT2D eigenvalue weighted by Crippen LogP contribution is 2.40. The number of aromatic nitrogens is 3. The van der Waals surface area contributed by atoms with Gasteiger partial charge in [-0.3, -0.25) is 13.9 Å². The van der Waals surface area contributed by atoms with Gasteiger partial charge in [0.15, 0.2) is 10.9 Å². The molecule has 0 saturated heterocycles. The summed E-state index contributed by atoms with van der Waals surface area (Å²) in [6.45, 7) is 2.44. The van der Waals surface area contributed by atoms with Crippen molar-refractivity contribution in [3.63, 3.8) is 0 Å². The van der Waals surface area contributed by atoms with Gasteiger partial charge in [0.05, 0.1) is 17.2 Å². The van der Waals surface area contributed by atoms with Gasteiger partial charge in [0.2, 0.25) is 15.9 Å². The van der Waals surface area contributed by atoms with Gasteiger partial charge in [0.25, 0.3) is 0 Å². The highest BCUT2D eigenvalue weighted by atomic mass is 32.2. The molecule has 9 nitrogen and oxygen atoms in total. The van der Waals surface area contributed by atoms with E-state index in [1.54, 1.807) is 25.1 Å². The minimum Gasteiger partial charge on any atom is -0.370 e. The Morgan fingerprint density at radius 3 is 2.71 bits per heavy atom. The van der Waals surface area contributed by atoms with E-state index >= 15 is 0 Å². The van der Waals surface area contributed by atoms with E-state index in [4.69, 9.17) is 5.73 Å². The summed E-state index contributed by atoms with van der Waals surface area (Å²) in [5, 5.41) is 9.09. The van der Waals surface area contributed by atoms with Crippen LogP contribution in [0.4, 0.5) is 5.69 Å². The van der Waals surface area contributed by atoms with Crippen molar-refractivity contribution in [1.82, 2.24) is 14.8 Å². The molecule has 0 bridgehead atoms. The van der Waals surface area contributed by atoms with Crippen molar-refractivity contribution < 1.29 is 18.0 Å². The number of hydrogen-bond donors (Lipinski definition) is 1. The number of rotatable bonds is 10. The number of carbonyl (C=O) groups is 2. The van der Waals surface area contributed by atoms with Gasteiger partial charge in [-0.15, -0.1) is 10.2 Å². The third kappa shape index (κ3) is 4.62. The Kier molecular flexibility index (Phi) is 6.07. The molecule has 0 unspecified atom stereocenters. The fourth-order valence-electron chi connectivity index (χ4n) is 3.69. The lowest BCUT2D eigenvalue weighted by Crippen LogP contribution is -2.30. The topological polar surface area (TPSA) is 128 Å². The third-order valence-electron chi connectivity index (χ3n) is 5.56. The molecule has 4 rings (SSSR count). The maximum absolute atomic E-state index is 12.8. The van der Waals surface area contributed by atoms with Gasteiger partial charge in [-0.25, -0.2) is 8.42 Å². The van der Waals surface area contributed by atoms with Gasteiger partial charge < -0.3 is 10.3 Å². The quantitative estimate of drug-likeness (QED) is 0.420. The van der Waals surface area contributed by atoms with E-state index in [-0.39, 0.29) is 29.6 Å². The molecule has 1 saturated carbocycles. The van der Waals surface area contributed by atoms with E-state index in [1.807, 2.05) is 4.57 Å². The van der Waals surface area contributed by atoms with Crippen molar-refractivity contribution >= 4 is 39.2 Å². The lowest BCUT2D eigenvalue weighted by molar-refractivity contribution is -0.118. The molecule has 1 fully saturated rings. The van der Waals surface area contributed by atoms with Crippen LogP contribution in [0.5, 0.6) is 0 Å². The first kappa shape index (κ1) is 21.8. The number of sulfonamides is 1. The first-order valence-corrected chi connectivity index (χ1v) is 12.9. The second-order valence-corrected chi connectivity index (χ2v) is 10.9. The number of nitrogens with two attached hydrogens (primary N) is 1. The number of benzene rings is 1. The molecule has 1 amide bonds. The Hall–Kier alpha value is -2.40. The molecule has 2 aromatic rings. The van der Waals surface area contributed by atoms with E-state index in [1.165, 1.54) is 16.1 Å². The first-order valence-electron chi connectivity index (χ1n) is 10.3. The van der Waals surface area contributed by atoms with Crippen LogP contribution in [0.15, 0.2) is 23.4 Å². The molecule has 166 valence electrons. The van der Waals surface area contributed by atoms with Crippen molar-refractivity contribution in [3.8, 4) is 0 Å². The zero-order valence-electron chi connectivity index (χ0n) is 17.3. The van der Waals surface area contributed by atoms with Gasteiger partial charge in [0.1, 0.15) is 5.82 Å². The molecular formula is C20H25N5O4S2. The zero-order valence-corrected chi connectivity index (χ0v) is 18.9. The Morgan fingerprint density at radius 1 is 1.26 bits per heavy atom. The van der Waals surface area contributed by atoms with Crippen LogP contribution in [0, 0.1) is 0 Å². The number of primary amides is 1. The SMILES string of the molecule is CCS(=O)(=O)N1CCc2cc(C(=O)CSc3nnc(C4CC4)n3CCC(N)=O)ccc21. The molecule has 1 aromatic carbocycles. The Labute approximate surface area is 185 Å². The molecule has 0 spiro atoms. The van der Waals surface area contributed by atoms with Crippen molar-refractivity contribution in [2.45, 2.75) is 50.2 Å². The normalized spacial score (nSPS) is 15.8. The zero-order chi connectivity index (χ0) is 22.2. The van der Waals surface area contributed by atoms with Crippen LogP contribution in [-0.2, 0) is 27.8 Å². The second kappa shape index (κ2) is 8.62. The Morgan fingerprint density at radius 2 is 2.03 bits per heavy atom. The molecule has 0 atom stereocenters. The molecule has 11 heteroatoms. The van der Waals surface area contributed by atoms with Crippen LogP contribution in [0.1, 0.15) is 53.8 Å². The maximum Gasteiger partial charge on any atom is 0.234 e. The summed E-state index contributed by atoms with van der Waals surface area (Å²) < 4.78 is 27.8. The van der Waals surface area contributed by atoms with E-state index in [0.717, 1.165) is 24.2 Å². The number of carbonyl (C=O) groups excluding carboxylic acids is 2. The molecular weight excluding hydrogens is 438 g/mol. The number of fused-ring (bicyclic) bond motifs is 1. The lowest BCUT2D eigenvalue weighted by atomic mass is 10.1. The van der Waals surface area contributed by atoms with Crippen LogP contribution in [0.3, 0.4) is 0 Å². The highest BCUT2D eigenvalue weighted by Gasteiger charge is 2.31. The monoisotopic (exact) mass is 463 g/mol. The van der Waals surface area contributed by atoms with Crippen LogP contribution >= 0.6 is 11.8 Å². The first-order chi connectivity index (χ1) is 14.8. The number of amides is 1. The van der Waals surface area contributed by atoms with Gasteiger partial charge in [-0.05, 0) is 49.9 Å². The summed E-state index contributed by atoms with van der Waals surface area (Å²) in [7, 11) is -3.31. The minimum atomic E-state index is -3.31. The van der Waals surface area contributed by atoms with Crippen molar-refractivity contribution in [1.29, 1.82) is 0 Å².